The predicted octanol–water partition coefficient (Wildman–Crippen LogP) is 5.11. The number of hydrogen-bond acceptors (Lipinski definition) is 3. The average Bonchev–Trinajstić information content (AvgIpc) is 2.92. The van der Waals surface area contributed by atoms with Crippen LogP contribution in [0.25, 0.3) is 10.1 Å². The second kappa shape index (κ2) is 5.02. The summed E-state index contributed by atoms with van der Waals surface area (Å²) in [5, 5.41) is 14.3. The number of benzene rings is 2. The Morgan fingerprint density at radius 2 is 2.00 bits per heavy atom. The minimum atomic E-state index is -0.545. The van der Waals surface area contributed by atoms with Crippen LogP contribution in [0.5, 0.6) is 5.75 Å². The fourth-order valence-corrected chi connectivity index (χ4v) is 4.04. The van der Waals surface area contributed by atoms with Crippen LogP contribution in [0.3, 0.4) is 0 Å². The molecule has 0 bridgehead atoms. The van der Waals surface area contributed by atoms with E-state index in [2.05, 4.69) is 17.5 Å². The fraction of sp³-hybridized carbons (Fsp3) is 0.176. The van der Waals surface area contributed by atoms with E-state index in [1.165, 1.54) is 10.1 Å². The van der Waals surface area contributed by atoms with Gasteiger partial charge in [-0.3, -0.25) is 0 Å². The minimum absolute atomic E-state index is 0.121. The van der Waals surface area contributed by atoms with Gasteiger partial charge in [0.25, 0.3) is 0 Å². The van der Waals surface area contributed by atoms with Crippen LogP contribution in [-0.2, 0) is 0 Å². The lowest BCUT2D eigenvalue weighted by Gasteiger charge is -2.29. The van der Waals surface area contributed by atoms with Crippen molar-refractivity contribution in [1.82, 2.24) is 0 Å². The highest BCUT2D eigenvalue weighted by atomic mass is 35.5. The van der Waals surface area contributed by atoms with E-state index in [1.807, 2.05) is 18.2 Å². The quantitative estimate of drug-likeness (QED) is 0.676. The smallest absolute Gasteiger partial charge is 0.128 e. The molecule has 4 heteroatoms. The standard InChI is InChI=1S/C17H13ClO2S/c18-10-5-6-15-12(7-10)14(19)8-16(20-15)13-9-21-17-4-2-1-3-11(13)17/h1-7,9,14,16,19H,8H2/t14-,16?/m1/s1. The maximum absolute atomic E-state index is 10.4. The molecule has 1 unspecified atom stereocenters. The average molecular weight is 317 g/mol. The molecule has 2 aromatic carbocycles. The first kappa shape index (κ1) is 13.1. The van der Waals surface area contributed by atoms with E-state index in [1.54, 1.807) is 23.5 Å². The molecule has 0 saturated heterocycles. The molecular weight excluding hydrogens is 304 g/mol. The van der Waals surface area contributed by atoms with Gasteiger partial charge in [0.15, 0.2) is 0 Å². The summed E-state index contributed by atoms with van der Waals surface area (Å²) in [6, 6.07) is 13.7. The summed E-state index contributed by atoms with van der Waals surface area (Å²) in [6.45, 7) is 0. The molecular formula is C17H13ClO2S. The molecule has 0 saturated carbocycles. The Hall–Kier alpha value is -1.55. The van der Waals surface area contributed by atoms with Gasteiger partial charge in [0, 0.05) is 27.3 Å². The van der Waals surface area contributed by atoms with Crippen LogP contribution in [-0.4, -0.2) is 5.11 Å². The zero-order valence-electron chi connectivity index (χ0n) is 11.1. The first-order chi connectivity index (χ1) is 10.2. The first-order valence-electron chi connectivity index (χ1n) is 6.82. The molecule has 2 nitrogen and oxygen atoms in total. The highest BCUT2D eigenvalue weighted by Crippen LogP contribution is 2.44. The van der Waals surface area contributed by atoms with Crippen molar-refractivity contribution in [2.75, 3.05) is 0 Å². The van der Waals surface area contributed by atoms with Gasteiger partial charge in [-0.25, -0.2) is 0 Å². The summed E-state index contributed by atoms with van der Waals surface area (Å²) in [4.78, 5) is 0. The van der Waals surface area contributed by atoms with Gasteiger partial charge in [-0.1, -0.05) is 29.8 Å². The number of ether oxygens (including phenoxy) is 1. The number of fused-ring (bicyclic) bond motifs is 2. The molecule has 1 aliphatic rings. The largest absolute Gasteiger partial charge is 0.485 e. The summed E-state index contributed by atoms with van der Waals surface area (Å²) in [5.41, 5.74) is 1.92. The summed E-state index contributed by atoms with van der Waals surface area (Å²) in [5.74, 6) is 0.721. The first-order valence-corrected chi connectivity index (χ1v) is 8.08. The second-order valence-corrected chi connectivity index (χ2v) is 6.58. The zero-order valence-corrected chi connectivity index (χ0v) is 12.7. The summed E-state index contributed by atoms with van der Waals surface area (Å²) < 4.78 is 7.34. The maximum atomic E-state index is 10.4. The number of halogens is 1. The molecule has 1 aliphatic heterocycles. The number of hydrogen-bond donors (Lipinski definition) is 1. The Morgan fingerprint density at radius 1 is 1.14 bits per heavy atom. The summed E-state index contributed by atoms with van der Waals surface area (Å²) >= 11 is 7.70. The number of aliphatic hydroxyl groups excluding tert-OH is 1. The molecule has 2 atom stereocenters. The Kier molecular flexibility index (Phi) is 3.14. The summed E-state index contributed by atoms with van der Waals surface area (Å²) in [6.07, 6.45) is -0.116. The normalized spacial score (nSPS) is 21.0. The number of thiophene rings is 1. The van der Waals surface area contributed by atoms with Crippen LogP contribution in [0.2, 0.25) is 5.02 Å². The SMILES string of the molecule is O[C@@H]1CC(c2csc3ccccc23)Oc2ccc(Cl)cc21. The molecule has 0 aliphatic carbocycles. The molecule has 1 aromatic heterocycles. The number of aliphatic hydroxyl groups is 1. The van der Waals surface area contributed by atoms with Crippen molar-refractivity contribution in [2.45, 2.75) is 18.6 Å². The van der Waals surface area contributed by atoms with Crippen molar-refractivity contribution in [3.8, 4) is 5.75 Å². The highest BCUT2D eigenvalue weighted by Gasteiger charge is 2.29. The van der Waals surface area contributed by atoms with Crippen LogP contribution < -0.4 is 4.74 Å². The molecule has 3 aromatic rings. The van der Waals surface area contributed by atoms with Gasteiger partial charge < -0.3 is 9.84 Å². The Balaban J connectivity index is 1.76. The van der Waals surface area contributed by atoms with Gasteiger partial charge in [0.2, 0.25) is 0 Å². The van der Waals surface area contributed by atoms with Gasteiger partial charge >= 0.3 is 0 Å². The van der Waals surface area contributed by atoms with E-state index in [0.29, 0.717) is 11.4 Å². The van der Waals surface area contributed by atoms with Gasteiger partial charge in [-0.05, 0) is 35.0 Å². The van der Waals surface area contributed by atoms with E-state index in [0.717, 1.165) is 16.9 Å². The lowest BCUT2D eigenvalue weighted by Crippen LogP contribution is -2.18. The van der Waals surface area contributed by atoms with Crippen molar-refractivity contribution in [1.29, 1.82) is 0 Å². The van der Waals surface area contributed by atoms with E-state index in [-0.39, 0.29) is 6.10 Å². The van der Waals surface area contributed by atoms with Crippen molar-refractivity contribution < 1.29 is 9.84 Å². The van der Waals surface area contributed by atoms with E-state index < -0.39 is 6.10 Å². The molecule has 0 spiro atoms. The van der Waals surface area contributed by atoms with E-state index >= 15 is 0 Å². The lowest BCUT2D eigenvalue weighted by atomic mass is 9.95. The Morgan fingerprint density at radius 3 is 2.90 bits per heavy atom. The van der Waals surface area contributed by atoms with Crippen LogP contribution in [0, 0.1) is 0 Å². The Bertz CT molecular complexity index is 811. The fourth-order valence-electron chi connectivity index (χ4n) is 2.86. The molecule has 0 radical (unpaired) electrons. The van der Waals surface area contributed by atoms with Crippen LogP contribution in [0.15, 0.2) is 47.8 Å². The van der Waals surface area contributed by atoms with Gasteiger partial charge in [-0.2, -0.15) is 0 Å². The lowest BCUT2D eigenvalue weighted by molar-refractivity contribution is 0.0666. The predicted molar refractivity (Wildman–Crippen MR) is 86.2 cm³/mol. The summed E-state index contributed by atoms with van der Waals surface area (Å²) in [7, 11) is 0. The molecule has 4 rings (SSSR count). The molecule has 0 fully saturated rings. The third kappa shape index (κ3) is 2.22. The van der Waals surface area contributed by atoms with Gasteiger partial charge in [-0.15, -0.1) is 11.3 Å². The molecule has 0 amide bonds. The Labute approximate surface area is 131 Å². The van der Waals surface area contributed by atoms with Crippen LogP contribution in [0.4, 0.5) is 0 Å². The van der Waals surface area contributed by atoms with Crippen molar-refractivity contribution in [3.63, 3.8) is 0 Å². The highest BCUT2D eigenvalue weighted by molar-refractivity contribution is 7.17. The zero-order chi connectivity index (χ0) is 14.4. The minimum Gasteiger partial charge on any atom is -0.485 e. The number of rotatable bonds is 1. The van der Waals surface area contributed by atoms with Gasteiger partial charge in [0.05, 0.1) is 6.10 Å². The topological polar surface area (TPSA) is 29.5 Å². The molecule has 1 N–H and O–H groups in total. The van der Waals surface area contributed by atoms with Gasteiger partial charge in [0.1, 0.15) is 11.9 Å². The monoisotopic (exact) mass is 316 g/mol. The molecule has 2 heterocycles. The third-order valence-electron chi connectivity index (χ3n) is 3.90. The molecule has 21 heavy (non-hydrogen) atoms. The van der Waals surface area contributed by atoms with Crippen LogP contribution >= 0.6 is 22.9 Å². The third-order valence-corrected chi connectivity index (χ3v) is 5.11. The van der Waals surface area contributed by atoms with E-state index in [4.69, 9.17) is 16.3 Å². The maximum Gasteiger partial charge on any atom is 0.128 e. The van der Waals surface area contributed by atoms with E-state index in [9.17, 15) is 5.11 Å². The van der Waals surface area contributed by atoms with Crippen molar-refractivity contribution in [3.05, 3.63) is 64.0 Å². The molecule has 106 valence electrons. The van der Waals surface area contributed by atoms with Crippen molar-refractivity contribution >= 4 is 33.0 Å². The van der Waals surface area contributed by atoms with Crippen LogP contribution in [0.1, 0.15) is 29.8 Å². The van der Waals surface area contributed by atoms with Crippen molar-refractivity contribution in [2.24, 2.45) is 0 Å². The second-order valence-electron chi connectivity index (χ2n) is 5.23.